The van der Waals surface area contributed by atoms with E-state index in [1.54, 1.807) is 0 Å². The first kappa shape index (κ1) is 15.5. The van der Waals surface area contributed by atoms with Gasteiger partial charge in [-0.2, -0.15) is 4.68 Å². The number of nitrogen functional groups attached to an aromatic ring is 1. The van der Waals surface area contributed by atoms with E-state index in [9.17, 15) is 4.79 Å². The average Bonchev–Trinajstić information content (AvgIpc) is 3.15. The lowest BCUT2D eigenvalue weighted by atomic mass is 10.1. The first-order chi connectivity index (χ1) is 11.1. The van der Waals surface area contributed by atoms with Crippen molar-refractivity contribution in [3.05, 3.63) is 35.0 Å². The van der Waals surface area contributed by atoms with Gasteiger partial charge in [-0.1, -0.05) is 23.4 Å². The maximum Gasteiger partial charge on any atom is 0.275 e. The van der Waals surface area contributed by atoms with Gasteiger partial charge in [-0.25, -0.2) is 0 Å². The van der Waals surface area contributed by atoms with E-state index < -0.39 is 0 Å². The number of para-hydroxylation sites is 1. The smallest absolute Gasteiger partial charge is 0.275 e. The van der Waals surface area contributed by atoms with E-state index in [0.29, 0.717) is 6.54 Å². The zero-order chi connectivity index (χ0) is 16.4. The van der Waals surface area contributed by atoms with Crippen LogP contribution in [0.15, 0.2) is 18.2 Å². The van der Waals surface area contributed by atoms with Crippen molar-refractivity contribution < 1.29 is 9.53 Å². The van der Waals surface area contributed by atoms with Gasteiger partial charge in [-0.15, -0.1) is 5.10 Å². The number of carbonyl (C=O) groups is 1. The summed E-state index contributed by atoms with van der Waals surface area (Å²) in [6.45, 7) is 5.17. The number of hydrogen-bond acceptors (Lipinski definition) is 5. The zero-order valence-electron chi connectivity index (χ0n) is 13.4. The number of benzene rings is 1. The Morgan fingerprint density at radius 2 is 2.17 bits per heavy atom. The maximum atomic E-state index is 12.3. The van der Waals surface area contributed by atoms with Crippen LogP contribution in [0.1, 0.15) is 34.5 Å². The fourth-order valence-electron chi connectivity index (χ4n) is 2.85. The molecule has 1 aliphatic rings. The molecule has 1 atom stereocenters. The summed E-state index contributed by atoms with van der Waals surface area (Å²) >= 11 is 0. The van der Waals surface area contributed by atoms with E-state index in [4.69, 9.17) is 10.5 Å². The Labute approximate surface area is 134 Å². The normalized spacial score (nSPS) is 17.4. The van der Waals surface area contributed by atoms with E-state index in [1.807, 2.05) is 32.0 Å². The van der Waals surface area contributed by atoms with Crippen LogP contribution in [0.25, 0.3) is 5.69 Å². The van der Waals surface area contributed by atoms with Crippen molar-refractivity contribution in [2.75, 3.05) is 18.9 Å². The molecule has 0 saturated carbocycles. The Morgan fingerprint density at radius 1 is 1.43 bits per heavy atom. The summed E-state index contributed by atoms with van der Waals surface area (Å²) in [6.07, 6.45) is 2.07. The molecule has 1 aliphatic heterocycles. The Kier molecular flexibility index (Phi) is 4.29. The van der Waals surface area contributed by atoms with Crippen molar-refractivity contribution in [1.82, 2.24) is 20.3 Å². The van der Waals surface area contributed by atoms with Gasteiger partial charge < -0.3 is 15.8 Å². The number of amides is 1. The Hall–Kier alpha value is -2.41. The molecule has 3 rings (SSSR count). The third-order valence-electron chi connectivity index (χ3n) is 4.09. The molecule has 1 amide bonds. The van der Waals surface area contributed by atoms with Crippen molar-refractivity contribution in [3.8, 4) is 5.69 Å². The van der Waals surface area contributed by atoms with Crippen LogP contribution in [-0.4, -0.2) is 40.2 Å². The predicted octanol–water partition coefficient (Wildman–Crippen LogP) is 1.38. The fraction of sp³-hybridized carbons (Fsp3) is 0.438. The fourth-order valence-corrected chi connectivity index (χ4v) is 2.85. The number of aryl methyl sites for hydroxylation is 2. The molecule has 0 spiro atoms. The molecular formula is C16H21N5O2. The highest BCUT2D eigenvalue weighted by molar-refractivity contribution is 5.96. The van der Waals surface area contributed by atoms with E-state index >= 15 is 0 Å². The Bertz CT molecular complexity index is 699. The summed E-state index contributed by atoms with van der Waals surface area (Å²) < 4.78 is 7.01. The lowest BCUT2D eigenvalue weighted by Gasteiger charge is -2.11. The van der Waals surface area contributed by atoms with E-state index in [0.717, 1.165) is 36.3 Å². The van der Waals surface area contributed by atoms with Crippen molar-refractivity contribution in [2.24, 2.45) is 0 Å². The van der Waals surface area contributed by atoms with E-state index in [-0.39, 0.29) is 23.5 Å². The second kappa shape index (κ2) is 6.37. The molecule has 0 unspecified atom stereocenters. The highest BCUT2D eigenvalue weighted by Crippen LogP contribution is 2.22. The molecule has 3 N–H and O–H groups in total. The molecule has 23 heavy (non-hydrogen) atoms. The van der Waals surface area contributed by atoms with Crippen LogP contribution in [0.2, 0.25) is 0 Å². The Balaban J connectivity index is 1.80. The molecule has 7 heteroatoms. The predicted molar refractivity (Wildman–Crippen MR) is 86.6 cm³/mol. The molecule has 0 bridgehead atoms. The molecule has 2 heterocycles. The second-order valence-corrected chi connectivity index (χ2v) is 5.82. The van der Waals surface area contributed by atoms with E-state index in [2.05, 4.69) is 15.6 Å². The van der Waals surface area contributed by atoms with Crippen molar-refractivity contribution >= 4 is 11.7 Å². The van der Waals surface area contributed by atoms with Crippen LogP contribution in [0, 0.1) is 13.8 Å². The summed E-state index contributed by atoms with van der Waals surface area (Å²) in [5.74, 6) is -0.0808. The van der Waals surface area contributed by atoms with E-state index in [1.165, 1.54) is 4.68 Å². The summed E-state index contributed by atoms with van der Waals surface area (Å²) in [5.41, 5.74) is 9.15. The number of nitrogens with two attached hydrogens (primary N) is 1. The summed E-state index contributed by atoms with van der Waals surface area (Å²) in [5, 5.41) is 10.8. The number of nitrogens with zero attached hydrogens (tertiary/aromatic N) is 3. The first-order valence-electron chi connectivity index (χ1n) is 7.75. The number of carbonyl (C=O) groups excluding carboxylic acids is 1. The summed E-state index contributed by atoms with van der Waals surface area (Å²) in [7, 11) is 0. The quantitative estimate of drug-likeness (QED) is 0.888. The zero-order valence-corrected chi connectivity index (χ0v) is 13.4. The molecule has 1 fully saturated rings. The lowest BCUT2D eigenvalue weighted by molar-refractivity contribution is 0.0854. The van der Waals surface area contributed by atoms with Gasteiger partial charge in [-0.3, -0.25) is 4.79 Å². The van der Waals surface area contributed by atoms with Crippen molar-refractivity contribution in [2.45, 2.75) is 32.8 Å². The molecule has 0 aliphatic carbocycles. The molecule has 1 aromatic carbocycles. The van der Waals surface area contributed by atoms with Gasteiger partial charge in [0.15, 0.2) is 11.5 Å². The summed E-state index contributed by atoms with van der Waals surface area (Å²) in [6, 6.07) is 5.91. The van der Waals surface area contributed by atoms with Crippen LogP contribution in [0.3, 0.4) is 0 Å². The minimum absolute atomic E-state index is 0.0776. The topological polar surface area (TPSA) is 95.1 Å². The SMILES string of the molecule is Cc1cccc(C)c1-n1nnc(C(=O)NC[C@H]2CCCO2)c1N. The van der Waals surface area contributed by atoms with Gasteiger partial charge in [0.25, 0.3) is 5.91 Å². The monoisotopic (exact) mass is 315 g/mol. The molecule has 1 saturated heterocycles. The molecule has 1 aromatic heterocycles. The lowest BCUT2D eigenvalue weighted by Crippen LogP contribution is -2.32. The van der Waals surface area contributed by atoms with Gasteiger partial charge in [0.1, 0.15) is 0 Å². The number of nitrogens with one attached hydrogen (secondary N) is 1. The maximum absolute atomic E-state index is 12.3. The highest BCUT2D eigenvalue weighted by Gasteiger charge is 2.22. The standard InChI is InChI=1S/C16H21N5O2/c1-10-5-3-6-11(2)14(10)21-15(17)13(19-20-21)16(22)18-9-12-7-4-8-23-12/h3,5-6,12H,4,7-9,17H2,1-2H3,(H,18,22)/t12-/m1/s1. The van der Waals surface area contributed by atoms with Crippen LogP contribution >= 0.6 is 0 Å². The number of ether oxygens (including phenoxy) is 1. The summed E-state index contributed by atoms with van der Waals surface area (Å²) in [4.78, 5) is 12.3. The molecule has 7 nitrogen and oxygen atoms in total. The van der Waals surface area contributed by atoms with Gasteiger partial charge in [0, 0.05) is 13.2 Å². The van der Waals surface area contributed by atoms with Gasteiger partial charge in [0.2, 0.25) is 0 Å². The highest BCUT2D eigenvalue weighted by atomic mass is 16.5. The van der Waals surface area contributed by atoms with Crippen LogP contribution in [0.5, 0.6) is 0 Å². The molecule has 122 valence electrons. The first-order valence-corrected chi connectivity index (χ1v) is 7.75. The molecular weight excluding hydrogens is 294 g/mol. The van der Waals surface area contributed by atoms with Crippen LogP contribution in [-0.2, 0) is 4.74 Å². The van der Waals surface area contributed by atoms with Crippen molar-refractivity contribution in [1.29, 1.82) is 0 Å². The Morgan fingerprint density at radius 3 is 2.83 bits per heavy atom. The van der Waals surface area contributed by atoms with Gasteiger partial charge >= 0.3 is 0 Å². The number of hydrogen-bond donors (Lipinski definition) is 2. The van der Waals surface area contributed by atoms with Gasteiger partial charge in [-0.05, 0) is 37.8 Å². The van der Waals surface area contributed by atoms with Gasteiger partial charge in [0.05, 0.1) is 11.8 Å². The molecule has 2 aromatic rings. The third kappa shape index (κ3) is 3.05. The van der Waals surface area contributed by atoms with Crippen LogP contribution < -0.4 is 11.1 Å². The van der Waals surface area contributed by atoms with Crippen molar-refractivity contribution in [3.63, 3.8) is 0 Å². The minimum atomic E-state index is -0.324. The number of rotatable bonds is 4. The number of aromatic nitrogens is 3. The number of anilines is 1. The average molecular weight is 315 g/mol. The largest absolute Gasteiger partial charge is 0.382 e. The molecule has 0 radical (unpaired) electrons. The second-order valence-electron chi connectivity index (χ2n) is 5.82. The third-order valence-corrected chi connectivity index (χ3v) is 4.09. The minimum Gasteiger partial charge on any atom is -0.382 e. The van der Waals surface area contributed by atoms with Crippen LogP contribution in [0.4, 0.5) is 5.82 Å².